The van der Waals surface area contributed by atoms with Crippen LogP contribution in [0.25, 0.3) is 0 Å². The number of fused-ring (bicyclic) bond motifs is 1. The Morgan fingerprint density at radius 2 is 1.67 bits per heavy atom. The number of nitrogens with one attached hydrogen (secondary N) is 2. The fourth-order valence-corrected chi connectivity index (χ4v) is 4.59. The van der Waals surface area contributed by atoms with Crippen molar-refractivity contribution in [3.8, 4) is 11.5 Å². The zero-order valence-corrected chi connectivity index (χ0v) is 18.5. The van der Waals surface area contributed by atoms with Crippen LogP contribution in [0.15, 0.2) is 47.4 Å². The van der Waals surface area contributed by atoms with Crippen molar-refractivity contribution in [2.24, 2.45) is 5.92 Å². The van der Waals surface area contributed by atoms with Gasteiger partial charge in [-0.15, -0.1) is 0 Å². The van der Waals surface area contributed by atoms with E-state index in [1.54, 1.807) is 26.0 Å². The van der Waals surface area contributed by atoms with Gasteiger partial charge in [-0.1, -0.05) is 26.0 Å². The van der Waals surface area contributed by atoms with E-state index < -0.39 is 10.0 Å². The zero-order chi connectivity index (χ0) is 21.9. The fraction of sp³-hybridized carbons (Fsp3) is 0.409. The van der Waals surface area contributed by atoms with Crippen LogP contribution in [-0.2, 0) is 10.0 Å². The van der Waals surface area contributed by atoms with Gasteiger partial charge in [0.2, 0.25) is 10.0 Å². The molecule has 0 fully saturated rings. The molecule has 0 spiro atoms. The van der Waals surface area contributed by atoms with Gasteiger partial charge in [0, 0.05) is 11.6 Å². The Balaban J connectivity index is 1.83. The normalized spacial score (nSPS) is 14.6. The van der Waals surface area contributed by atoms with E-state index in [-0.39, 0.29) is 34.4 Å². The van der Waals surface area contributed by atoms with Crippen LogP contribution >= 0.6 is 0 Å². The second-order valence-corrected chi connectivity index (χ2v) is 9.62. The molecular formula is C22H28N2O5S. The topological polar surface area (TPSA) is 93.7 Å². The van der Waals surface area contributed by atoms with Crippen molar-refractivity contribution in [3.05, 3.63) is 53.6 Å². The molecule has 1 aliphatic heterocycles. The van der Waals surface area contributed by atoms with E-state index in [2.05, 4.69) is 10.0 Å². The molecule has 0 bridgehead atoms. The van der Waals surface area contributed by atoms with Gasteiger partial charge < -0.3 is 14.8 Å². The van der Waals surface area contributed by atoms with E-state index in [1.165, 1.54) is 12.1 Å². The number of rotatable bonds is 7. The first kappa shape index (κ1) is 22.1. The summed E-state index contributed by atoms with van der Waals surface area (Å²) < 4.78 is 38.6. The van der Waals surface area contributed by atoms with Gasteiger partial charge >= 0.3 is 0 Å². The lowest BCUT2D eigenvalue weighted by molar-refractivity contribution is 0.0925. The number of hydrogen-bond donors (Lipinski definition) is 2. The van der Waals surface area contributed by atoms with Crippen molar-refractivity contribution in [1.29, 1.82) is 0 Å². The number of benzene rings is 2. The number of carbonyl (C=O) groups is 1. The molecule has 0 saturated heterocycles. The highest BCUT2D eigenvalue weighted by atomic mass is 32.2. The van der Waals surface area contributed by atoms with E-state index in [9.17, 15) is 13.2 Å². The van der Waals surface area contributed by atoms with Gasteiger partial charge in [0.05, 0.1) is 10.9 Å². The third-order valence-electron chi connectivity index (χ3n) is 4.68. The van der Waals surface area contributed by atoms with E-state index in [0.29, 0.717) is 24.7 Å². The molecule has 2 N–H and O–H groups in total. The summed E-state index contributed by atoms with van der Waals surface area (Å²) in [7, 11) is -3.68. The van der Waals surface area contributed by atoms with Gasteiger partial charge in [-0.25, -0.2) is 13.1 Å². The van der Waals surface area contributed by atoms with Crippen LogP contribution in [0.5, 0.6) is 11.5 Å². The van der Waals surface area contributed by atoms with Crippen LogP contribution in [0.2, 0.25) is 0 Å². The summed E-state index contributed by atoms with van der Waals surface area (Å²) in [4.78, 5) is 13.0. The molecule has 30 heavy (non-hydrogen) atoms. The van der Waals surface area contributed by atoms with Crippen molar-refractivity contribution < 1.29 is 22.7 Å². The summed E-state index contributed by atoms with van der Waals surface area (Å²) in [5.74, 6) is 1.11. The molecule has 1 aliphatic rings. The maximum absolute atomic E-state index is 12.9. The number of hydrogen-bond acceptors (Lipinski definition) is 5. The summed E-state index contributed by atoms with van der Waals surface area (Å²) in [6, 6.07) is 11.2. The van der Waals surface area contributed by atoms with Gasteiger partial charge in [-0.05, 0) is 55.7 Å². The number of carbonyl (C=O) groups excluding carboxylic acids is 1. The maximum atomic E-state index is 12.9. The summed E-state index contributed by atoms with van der Waals surface area (Å²) >= 11 is 0. The standard InChI is InChI=1S/C22H28N2O5S/c1-14(2)21(16-8-9-19-20(13-16)29-11-10-28-19)23-22(25)17-6-5-7-18(12-17)30(26,27)24-15(3)4/h5-9,12-15,21,24H,10-11H2,1-4H3,(H,23,25)/t21-/m0/s1. The van der Waals surface area contributed by atoms with Crippen LogP contribution in [0, 0.1) is 5.92 Å². The highest BCUT2D eigenvalue weighted by molar-refractivity contribution is 7.89. The highest BCUT2D eigenvalue weighted by Gasteiger charge is 2.23. The Bertz CT molecular complexity index is 1020. The Kier molecular flexibility index (Phi) is 6.67. The molecule has 1 atom stereocenters. The van der Waals surface area contributed by atoms with Crippen LogP contribution in [-0.4, -0.2) is 33.6 Å². The van der Waals surface area contributed by atoms with Gasteiger partial charge in [0.1, 0.15) is 13.2 Å². The monoisotopic (exact) mass is 432 g/mol. The highest BCUT2D eigenvalue weighted by Crippen LogP contribution is 2.34. The van der Waals surface area contributed by atoms with Crippen molar-refractivity contribution in [2.45, 2.75) is 44.7 Å². The van der Waals surface area contributed by atoms with Gasteiger partial charge in [0.25, 0.3) is 5.91 Å². The Morgan fingerprint density at radius 3 is 2.33 bits per heavy atom. The summed E-state index contributed by atoms with van der Waals surface area (Å²) in [6.45, 7) is 8.51. The molecule has 8 heteroatoms. The van der Waals surface area contributed by atoms with E-state index in [0.717, 1.165) is 5.56 Å². The van der Waals surface area contributed by atoms with Crippen molar-refractivity contribution in [2.75, 3.05) is 13.2 Å². The Hall–Kier alpha value is -2.58. The van der Waals surface area contributed by atoms with E-state index in [1.807, 2.05) is 32.0 Å². The molecule has 162 valence electrons. The molecule has 3 rings (SSSR count). The second-order valence-electron chi connectivity index (χ2n) is 7.90. The summed E-state index contributed by atoms with van der Waals surface area (Å²) in [5.41, 5.74) is 1.18. The second kappa shape index (κ2) is 9.06. The van der Waals surface area contributed by atoms with Gasteiger partial charge in [-0.3, -0.25) is 4.79 Å². The van der Waals surface area contributed by atoms with E-state index >= 15 is 0 Å². The minimum Gasteiger partial charge on any atom is -0.486 e. The molecule has 0 saturated carbocycles. The lowest BCUT2D eigenvalue weighted by Crippen LogP contribution is -2.33. The van der Waals surface area contributed by atoms with E-state index in [4.69, 9.17) is 9.47 Å². The first-order valence-corrected chi connectivity index (χ1v) is 11.5. The number of ether oxygens (including phenoxy) is 2. The molecule has 0 aromatic heterocycles. The van der Waals surface area contributed by atoms with Gasteiger partial charge in [-0.2, -0.15) is 0 Å². The smallest absolute Gasteiger partial charge is 0.251 e. The average Bonchev–Trinajstić information content (AvgIpc) is 2.70. The predicted molar refractivity (Wildman–Crippen MR) is 114 cm³/mol. The Labute approximate surface area is 177 Å². The lowest BCUT2D eigenvalue weighted by Gasteiger charge is -2.25. The third kappa shape index (κ3) is 5.12. The van der Waals surface area contributed by atoms with Crippen molar-refractivity contribution >= 4 is 15.9 Å². The Morgan fingerprint density at radius 1 is 0.967 bits per heavy atom. The number of amides is 1. The maximum Gasteiger partial charge on any atom is 0.251 e. The molecule has 2 aromatic carbocycles. The summed E-state index contributed by atoms with van der Waals surface area (Å²) in [6.07, 6.45) is 0. The first-order valence-electron chi connectivity index (χ1n) is 10.00. The molecule has 0 radical (unpaired) electrons. The quantitative estimate of drug-likeness (QED) is 0.700. The lowest BCUT2D eigenvalue weighted by atomic mass is 9.95. The molecule has 0 aliphatic carbocycles. The van der Waals surface area contributed by atoms with Crippen LogP contribution < -0.4 is 19.5 Å². The minimum atomic E-state index is -3.68. The van der Waals surface area contributed by atoms with Crippen LogP contribution in [0.1, 0.15) is 49.7 Å². The van der Waals surface area contributed by atoms with Crippen molar-refractivity contribution in [3.63, 3.8) is 0 Å². The molecule has 1 amide bonds. The molecular weight excluding hydrogens is 404 g/mol. The molecule has 0 unspecified atom stereocenters. The van der Waals surface area contributed by atoms with Crippen molar-refractivity contribution in [1.82, 2.24) is 10.0 Å². The predicted octanol–water partition coefficient (Wildman–Crippen LogP) is 3.27. The van der Waals surface area contributed by atoms with Gasteiger partial charge in [0.15, 0.2) is 11.5 Å². The molecule has 1 heterocycles. The minimum absolute atomic E-state index is 0.0595. The third-order valence-corrected chi connectivity index (χ3v) is 6.33. The first-order chi connectivity index (χ1) is 14.2. The molecule has 2 aromatic rings. The zero-order valence-electron chi connectivity index (χ0n) is 17.6. The summed E-state index contributed by atoms with van der Waals surface area (Å²) in [5, 5.41) is 3.02. The average molecular weight is 433 g/mol. The largest absolute Gasteiger partial charge is 0.486 e. The SMILES string of the molecule is CC(C)NS(=O)(=O)c1cccc(C(=O)N[C@H](c2ccc3c(c2)OCCO3)C(C)C)c1. The van der Waals surface area contributed by atoms with Crippen LogP contribution in [0.4, 0.5) is 0 Å². The van der Waals surface area contributed by atoms with Crippen LogP contribution in [0.3, 0.4) is 0 Å². The molecule has 7 nitrogen and oxygen atoms in total. The number of sulfonamides is 1. The fourth-order valence-electron chi connectivity index (χ4n) is 3.30.